The Morgan fingerprint density at radius 1 is 0.453 bits per heavy atom. The largest absolute Gasteiger partial charge is 1.00 e. The van der Waals surface area contributed by atoms with Crippen LogP contribution in [0.1, 0.15) is 78.0 Å². The van der Waals surface area contributed by atoms with E-state index in [1.165, 1.54) is 112 Å². The van der Waals surface area contributed by atoms with Crippen LogP contribution in [0.15, 0.2) is 260 Å². The minimum absolute atomic E-state index is 0. The molecule has 3 aliphatic rings. The summed E-state index contributed by atoms with van der Waals surface area (Å²) in [5.41, 5.74) is 22.0. The van der Waals surface area contributed by atoms with Crippen molar-refractivity contribution in [3.8, 4) is 44.5 Å². The first-order valence-corrected chi connectivity index (χ1v) is 26.4. The van der Waals surface area contributed by atoms with Gasteiger partial charge in [0.15, 0.2) is 0 Å². The summed E-state index contributed by atoms with van der Waals surface area (Å²) < 4.78 is 0. The van der Waals surface area contributed by atoms with Gasteiger partial charge < -0.3 is 0 Å². The molecular formula is C74H61K-2. The molecule has 10 aromatic carbocycles. The smallest absolute Gasteiger partial charge is 0.184 e. The average molecular weight is 989 g/mol. The van der Waals surface area contributed by atoms with Crippen LogP contribution in [0.5, 0.6) is 0 Å². The molecule has 1 heteroatoms. The summed E-state index contributed by atoms with van der Waals surface area (Å²) in [7, 11) is 0. The maximum Gasteiger partial charge on any atom is 1.00 e. The molecule has 0 bridgehead atoms. The predicted molar refractivity (Wildman–Crippen MR) is 313 cm³/mol. The van der Waals surface area contributed by atoms with Crippen LogP contribution in [-0.4, -0.2) is 0 Å². The van der Waals surface area contributed by atoms with Gasteiger partial charge in [-0.1, -0.05) is 212 Å². The predicted octanol–water partition coefficient (Wildman–Crippen LogP) is 16.4. The summed E-state index contributed by atoms with van der Waals surface area (Å²) in [5, 5.41) is 2.56. The Bertz CT molecular complexity index is 3600. The van der Waals surface area contributed by atoms with E-state index in [9.17, 15) is 0 Å². The molecule has 0 spiro atoms. The fourth-order valence-corrected chi connectivity index (χ4v) is 11.9. The van der Waals surface area contributed by atoms with E-state index in [2.05, 4.69) is 251 Å². The Morgan fingerprint density at radius 3 is 1.76 bits per heavy atom. The van der Waals surface area contributed by atoms with Crippen LogP contribution in [-0.2, 0) is 10.8 Å². The van der Waals surface area contributed by atoms with Gasteiger partial charge in [0.2, 0.25) is 0 Å². The molecule has 13 rings (SSSR count). The molecular weight excluding hydrogens is 928 g/mol. The molecule has 3 aliphatic carbocycles. The summed E-state index contributed by atoms with van der Waals surface area (Å²) in [4.78, 5) is 0. The van der Waals surface area contributed by atoms with Crippen LogP contribution in [0.25, 0.3) is 60.9 Å². The fraction of sp³-hybridized carbons (Fsp3) is 0.135. The summed E-state index contributed by atoms with van der Waals surface area (Å²) in [6.07, 6.45) is 15.3. The molecule has 360 valence electrons. The summed E-state index contributed by atoms with van der Waals surface area (Å²) >= 11 is 0. The van der Waals surface area contributed by atoms with E-state index in [0.29, 0.717) is 0 Å². The van der Waals surface area contributed by atoms with Crippen molar-refractivity contribution in [3.05, 3.63) is 318 Å². The Hall–Kier alpha value is -6.68. The molecule has 2 unspecified atom stereocenters. The molecule has 0 N–H and O–H groups in total. The Labute approximate surface area is 488 Å². The topological polar surface area (TPSA) is 0 Å². The van der Waals surface area contributed by atoms with Crippen molar-refractivity contribution in [2.45, 2.75) is 63.7 Å². The molecule has 2 atom stereocenters. The Kier molecular flexibility index (Phi) is 16.2. The van der Waals surface area contributed by atoms with Crippen molar-refractivity contribution in [1.82, 2.24) is 0 Å². The van der Waals surface area contributed by atoms with Crippen LogP contribution in [0.3, 0.4) is 0 Å². The van der Waals surface area contributed by atoms with E-state index in [1.807, 2.05) is 42.5 Å². The fourth-order valence-electron chi connectivity index (χ4n) is 11.9. The van der Waals surface area contributed by atoms with Crippen molar-refractivity contribution in [3.63, 3.8) is 0 Å². The molecule has 0 amide bonds. The molecule has 0 aliphatic heterocycles. The zero-order valence-electron chi connectivity index (χ0n) is 43.8. The number of rotatable bonds is 7. The monoisotopic (exact) mass is 988 g/mol. The Balaban J connectivity index is 0.000000160. The molecule has 0 fully saturated rings. The number of benzene rings is 10. The third-order valence-corrected chi connectivity index (χ3v) is 15.6. The van der Waals surface area contributed by atoms with Crippen LogP contribution < -0.4 is 51.4 Å². The zero-order valence-corrected chi connectivity index (χ0v) is 46.9. The van der Waals surface area contributed by atoms with Crippen LogP contribution in [0.4, 0.5) is 0 Å². The van der Waals surface area contributed by atoms with Crippen LogP contribution >= 0.6 is 0 Å². The molecule has 0 aromatic heterocycles. The number of fused-ring (bicyclic) bond motifs is 4. The van der Waals surface area contributed by atoms with Crippen LogP contribution in [0.2, 0.25) is 0 Å². The average Bonchev–Trinajstić information content (AvgIpc) is 3.72. The zero-order chi connectivity index (χ0) is 50.3. The van der Waals surface area contributed by atoms with Gasteiger partial charge in [-0.2, -0.15) is 78.9 Å². The quantitative estimate of drug-likeness (QED) is 0.0848. The number of hydrogen-bond donors (Lipinski definition) is 0. The van der Waals surface area contributed by atoms with Gasteiger partial charge in [0.25, 0.3) is 0 Å². The normalized spacial score (nSPS) is 17.1. The van der Waals surface area contributed by atoms with E-state index in [-0.39, 0.29) is 62.2 Å². The second-order valence-corrected chi connectivity index (χ2v) is 20.2. The van der Waals surface area contributed by atoms with Gasteiger partial charge in [0.1, 0.15) is 0 Å². The number of aryl methyl sites for hydroxylation is 2. The van der Waals surface area contributed by atoms with E-state index in [1.54, 1.807) is 0 Å². The summed E-state index contributed by atoms with van der Waals surface area (Å²) in [6, 6.07) is 92.6. The van der Waals surface area contributed by atoms with Crippen molar-refractivity contribution >= 4 is 16.3 Å². The molecule has 0 saturated heterocycles. The number of allylic oxidation sites excluding steroid dienone is 6. The molecule has 0 saturated carbocycles. The van der Waals surface area contributed by atoms with Crippen molar-refractivity contribution in [1.29, 1.82) is 0 Å². The maximum atomic E-state index is 3.92. The maximum absolute atomic E-state index is 3.92. The van der Waals surface area contributed by atoms with Gasteiger partial charge in [0, 0.05) is 5.41 Å². The molecule has 0 nitrogen and oxygen atoms in total. The first kappa shape index (κ1) is 51.8. The Morgan fingerprint density at radius 2 is 1.05 bits per heavy atom. The third kappa shape index (κ3) is 10.5. The molecule has 0 heterocycles. The molecule has 0 radical (unpaired) electrons. The second-order valence-electron chi connectivity index (χ2n) is 20.2. The SMILES string of the molecule is CC12CCCC=C1C(c1ccccc1)(c1ccc(C3=CCCC=C3)cc1)c1cc(-c3cccc4ccccc34)c[c-]c12.Cc1ccccc1-c1ccc(-c2cc[c-]cc2)cc1C.[K+].[c-]1ccc(-c2ccccc2)cc1. The van der Waals surface area contributed by atoms with Gasteiger partial charge in [-0.3, -0.25) is 0 Å². The molecule has 10 aromatic rings. The second kappa shape index (κ2) is 23.5. The van der Waals surface area contributed by atoms with E-state index in [0.717, 1.165) is 25.7 Å². The first-order chi connectivity index (χ1) is 36.4. The van der Waals surface area contributed by atoms with Crippen LogP contribution in [0, 0.1) is 32.0 Å². The minimum atomic E-state index is -0.363. The summed E-state index contributed by atoms with van der Waals surface area (Å²) in [5.74, 6) is 0. The number of hydrogen-bond acceptors (Lipinski definition) is 0. The van der Waals surface area contributed by atoms with Gasteiger partial charge in [0.05, 0.1) is 0 Å². The van der Waals surface area contributed by atoms with Gasteiger partial charge >= 0.3 is 51.4 Å². The van der Waals surface area contributed by atoms with Crippen molar-refractivity contribution in [2.75, 3.05) is 0 Å². The van der Waals surface area contributed by atoms with Gasteiger partial charge in [-0.05, 0) is 118 Å². The van der Waals surface area contributed by atoms with E-state index >= 15 is 0 Å². The van der Waals surface area contributed by atoms with Crippen molar-refractivity contribution < 1.29 is 51.4 Å². The summed E-state index contributed by atoms with van der Waals surface area (Å²) in [6.45, 7) is 6.82. The van der Waals surface area contributed by atoms with E-state index in [4.69, 9.17) is 0 Å². The van der Waals surface area contributed by atoms with E-state index < -0.39 is 0 Å². The standard InChI is InChI=1S/C42H35.C20H17.C12H9.K/c1-41-28-11-10-21-40(41)42(34-17-6-3-7-18-34,35-25-22-31(23-26-35)30-13-4-2-5-14-30)39-29-33(24-27-38(39)41)37-20-12-16-32-15-8-9-19-36(32)37;1-15-8-6-7-11-19(15)20-13-12-18(14-16(20)2)17-9-4-3-5-10-17;1-3-7-11(8-4-1)12-9-5-2-6-10-12;/h3-4,6-9,12-26,29H,2,5,10-11,28H2,1H3;4-14H,1-2H3;1,3-10H;/q3*-1;+1. The van der Waals surface area contributed by atoms with Gasteiger partial charge in [-0.15, -0.1) is 27.8 Å². The third-order valence-electron chi connectivity index (χ3n) is 15.6. The molecule has 75 heavy (non-hydrogen) atoms. The first-order valence-electron chi connectivity index (χ1n) is 26.4. The van der Waals surface area contributed by atoms with Gasteiger partial charge in [-0.25, -0.2) is 0 Å². The van der Waals surface area contributed by atoms with Crippen molar-refractivity contribution in [2.24, 2.45) is 0 Å². The minimum Gasteiger partial charge on any atom is -0.184 e.